The van der Waals surface area contributed by atoms with Crippen LogP contribution in [0.1, 0.15) is 22.6 Å². The van der Waals surface area contributed by atoms with Gasteiger partial charge in [0.25, 0.3) is 0 Å². The molecule has 0 spiro atoms. The Morgan fingerprint density at radius 2 is 1.04 bits per heavy atom. The van der Waals surface area contributed by atoms with Gasteiger partial charge in [0, 0.05) is 28.8 Å². The molecule has 250 valence electrons. The normalized spacial score (nSPS) is 15.9. The van der Waals surface area contributed by atoms with E-state index in [1.807, 2.05) is 0 Å². The third-order valence-electron chi connectivity index (χ3n) is 11.0. The van der Waals surface area contributed by atoms with Crippen LogP contribution in [0.2, 0.25) is 0 Å². The van der Waals surface area contributed by atoms with Gasteiger partial charge in [0.15, 0.2) is 0 Å². The molecule has 8 aromatic carbocycles. The fourth-order valence-electron chi connectivity index (χ4n) is 8.58. The lowest BCUT2D eigenvalue weighted by molar-refractivity contribution is 0.689. The molecule has 0 saturated heterocycles. The molecule has 0 fully saturated rings. The van der Waals surface area contributed by atoms with Gasteiger partial charge in [0.2, 0.25) is 0 Å². The van der Waals surface area contributed by atoms with Crippen molar-refractivity contribution in [2.75, 3.05) is 4.90 Å². The summed E-state index contributed by atoms with van der Waals surface area (Å²) in [4.78, 5) is 2.45. The van der Waals surface area contributed by atoms with E-state index in [0.29, 0.717) is 5.92 Å². The largest absolute Gasteiger partial charge is 0.310 e. The van der Waals surface area contributed by atoms with Gasteiger partial charge in [-0.1, -0.05) is 176 Å². The van der Waals surface area contributed by atoms with Gasteiger partial charge in [-0.3, -0.25) is 0 Å². The summed E-state index contributed by atoms with van der Waals surface area (Å²) in [5.74, 6) is 0.572. The van der Waals surface area contributed by atoms with Crippen LogP contribution in [0, 0.1) is 5.92 Å². The molecule has 10 rings (SSSR count). The van der Waals surface area contributed by atoms with Crippen LogP contribution in [0.3, 0.4) is 0 Å². The van der Waals surface area contributed by atoms with Gasteiger partial charge in [0.05, 0.1) is 5.69 Å². The molecular weight excluding hydrogens is 639 g/mol. The predicted octanol–water partition coefficient (Wildman–Crippen LogP) is 14.1. The lowest BCUT2D eigenvalue weighted by Crippen LogP contribution is -2.18. The molecule has 2 aliphatic rings. The predicted molar refractivity (Wildman–Crippen MR) is 225 cm³/mol. The van der Waals surface area contributed by atoms with E-state index in [9.17, 15) is 0 Å². The molecule has 2 aliphatic carbocycles. The molecule has 2 unspecified atom stereocenters. The first-order chi connectivity index (χ1) is 26.3. The number of hydrogen-bond donors (Lipinski definition) is 0. The van der Waals surface area contributed by atoms with Crippen LogP contribution in [0.5, 0.6) is 0 Å². The Bertz CT molecular complexity index is 2720. The molecule has 0 aliphatic heterocycles. The van der Waals surface area contributed by atoms with Crippen LogP contribution in [0.15, 0.2) is 212 Å². The zero-order chi connectivity index (χ0) is 35.1. The maximum absolute atomic E-state index is 2.53. The lowest BCUT2D eigenvalue weighted by atomic mass is 9.72. The van der Waals surface area contributed by atoms with E-state index in [1.165, 1.54) is 66.1 Å². The van der Waals surface area contributed by atoms with E-state index in [0.717, 1.165) is 17.1 Å². The van der Waals surface area contributed by atoms with Crippen LogP contribution in [0.4, 0.5) is 17.1 Å². The maximum atomic E-state index is 2.53. The second-order valence-corrected chi connectivity index (χ2v) is 14.0. The Balaban J connectivity index is 1.28. The van der Waals surface area contributed by atoms with Crippen LogP contribution >= 0.6 is 0 Å². The second kappa shape index (κ2) is 13.1. The second-order valence-electron chi connectivity index (χ2n) is 14.0. The zero-order valence-corrected chi connectivity index (χ0v) is 29.3. The summed E-state index contributed by atoms with van der Waals surface area (Å²) >= 11 is 0. The maximum Gasteiger partial charge on any atom is 0.0546 e. The standard InChI is InChI=1S/C52H37N/c1-3-16-36(17-4-1)37-30-32-41(33-31-37)53(40-20-5-2-6-21-40)51-29-15-28-48(49-34-38-18-7-9-22-42(38)44-24-11-13-26-46(44)49)52(51)50-35-39-19-8-10-23-43(39)45-25-12-14-27-47(45)50/h1-35,39,43H. The lowest BCUT2D eigenvalue weighted by Gasteiger charge is -2.34. The first kappa shape index (κ1) is 31.1. The van der Waals surface area contributed by atoms with E-state index in [4.69, 9.17) is 0 Å². The minimum Gasteiger partial charge on any atom is -0.310 e. The monoisotopic (exact) mass is 675 g/mol. The Morgan fingerprint density at radius 1 is 0.415 bits per heavy atom. The van der Waals surface area contributed by atoms with Crippen LogP contribution in [-0.4, -0.2) is 0 Å². The molecule has 0 bridgehead atoms. The Morgan fingerprint density at radius 3 is 1.87 bits per heavy atom. The van der Waals surface area contributed by atoms with Crippen LogP contribution < -0.4 is 4.90 Å². The fraction of sp³-hybridized carbons (Fsp3) is 0.0385. The third-order valence-corrected chi connectivity index (χ3v) is 11.0. The number of hydrogen-bond acceptors (Lipinski definition) is 1. The summed E-state index contributed by atoms with van der Waals surface area (Å²) in [6.45, 7) is 0. The number of anilines is 3. The first-order valence-corrected chi connectivity index (χ1v) is 18.5. The van der Waals surface area contributed by atoms with Crippen LogP contribution in [0.25, 0.3) is 49.4 Å². The molecule has 1 heteroatoms. The highest BCUT2D eigenvalue weighted by Crippen LogP contribution is 2.51. The van der Waals surface area contributed by atoms with E-state index >= 15 is 0 Å². The highest BCUT2D eigenvalue weighted by molar-refractivity contribution is 6.15. The Labute approximate surface area is 311 Å². The summed E-state index contributed by atoms with van der Waals surface area (Å²) in [6, 6.07) is 66.5. The van der Waals surface area contributed by atoms with E-state index < -0.39 is 0 Å². The molecule has 0 saturated carbocycles. The summed E-state index contributed by atoms with van der Waals surface area (Å²) < 4.78 is 0. The number of fused-ring (bicyclic) bond motifs is 6. The van der Waals surface area contributed by atoms with Gasteiger partial charge < -0.3 is 4.90 Å². The average Bonchev–Trinajstić information content (AvgIpc) is 3.24. The minimum absolute atomic E-state index is 0.259. The highest BCUT2D eigenvalue weighted by Gasteiger charge is 2.31. The van der Waals surface area contributed by atoms with Crippen molar-refractivity contribution in [1.29, 1.82) is 0 Å². The molecule has 8 aromatic rings. The van der Waals surface area contributed by atoms with Gasteiger partial charge in [-0.25, -0.2) is 0 Å². The van der Waals surface area contributed by atoms with Crippen molar-refractivity contribution in [3.05, 3.63) is 229 Å². The van der Waals surface area contributed by atoms with Crippen molar-refractivity contribution in [3.8, 4) is 22.3 Å². The first-order valence-electron chi connectivity index (χ1n) is 18.5. The van der Waals surface area contributed by atoms with Gasteiger partial charge in [-0.05, 0) is 96.9 Å². The van der Waals surface area contributed by atoms with Crippen molar-refractivity contribution in [2.45, 2.75) is 5.92 Å². The van der Waals surface area contributed by atoms with E-state index in [1.54, 1.807) is 0 Å². The molecule has 0 aromatic heterocycles. The molecule has 0 N–H and O–H groups in total. The molecule has 0 radical (unpaired) electrons. The molecule has 0 heterocycles. The molecule has 2 atom stereocenters. The van der Waals surface area contributed by atoms with Crippen molar-refractivity contribution < 1.29 is 0 Å². The van der Waals surface area contributed by atoms with Gasteiger partial charge in [-0.15, -0.1) is 0 Å². The summed E-state index contributed by atoms with van der Waals surface area (Å²) in [6.07, 6.45) is 11.7. The molecule has 0 amide bonds. The van der Waals surface area contributed by atoms with Crippen molar-refractivity contribution in [1.82, 2.24) is 0 Å². The molecular formula is C52H37N. The zero-order valence-electron chi connectivity index (χ0n) is 29.3. The number of rotatable bonds is 6. The third kappa shape index (κ3) is 5.41. The summed E-state index contributed by atoms with van der Waals surface area (Å²) in [5.41, 5.74) is 13.4. The average molecular weight is 676 g/mol. The van der Waals surface area contributed by atoms with Gasteiger partial charge in [0.1, 0.15) is 0 Å². The van der Waals surface area contributed by atoms with E-state index in [2.05, 4.69) is 217 Å². The Kier molecular flexibility index (Phi) is 7.69. The topological polar surface area (TPSA) is 3.24 Å². The molecule has 1 nitrogen and oxygen atoms in total. The van der Waals surface area contributed by atoms with Gasteiger partial charge >= 0.3 is 0 Å². The summed E-state index contributed by atoms with van der Waals surface area (Å²) in [7, 11) is 0. The van der Waals surface area contributed by atoms with Crippen molar-refractivity contribution in [3.63, 3.8) is 0 Å². The quantitative estimate of drug-likeness (QED) is 0.159. The SMILES string of the molecule is C1=CC2C=C(c3c(-c4cc5ccccc5c5ccccc45)cccc3N(c3ccccc3)c3ccc(-c4ccccc4)cc3)c3ccccc3C2C=C1. The summed E-state index contributed by atoms with van der Waals surface area (Å²) in [5, 5.41) is 5.04. The fourth-order valence-corrected chi connectivity index (χ4v) is 8.58. The highest BCUT2D eigenvalue weighted by atomic mass is 15.1. The number of para-hydroxylation sites is 1. The number of allylic oxidation sites excluding steroid dienone is 5. The smallest absolute Gasteiger partial charge is 0.0546 e. The molecule has 53 heavy (non-hydrogen) atoms. The van der Waals surface area contributed by atoms with Gasteiger partial charge in [-0.2, -0.15) is 0 Å². The van der Waals surface area contributed by atoms with Crippen molar-refractivity contribution in [2.24, 2.45) is 5.92 Å². The number of nitrogens with zero attached hydrogens (tertiary/aromatic N) is 1. The minimum atomic E-state index is 0.259. The van der Waals surface area contributed by atoms with Crippen LogP contribution in [-0.2, 0) is 0 Å². The Hall–Kier alpha value is -6.70. The number of benzene rings is 8. The van der Waals surface area contributed by atoms with Crippen molar-refractivity contribution >= 4 is 44.2 Å². The van der Waals surface area contributed by atoms with E-state index in [-0.39, 0.29) is 5.92 Å².